The van der Waals surface area contributed by atoms with Crippen molar-refractivity contribution in [2.75, 3.05) is 13.1 Å². The lowest BCUT2D eigenvalue weighted by Crippen LogP contribution is -2.56. The van der Waals surface area contributed by atoms with E-state index in [0.717, 1.165) is 31.4 Å². The normalized spacial score (nSPS) is 25.5. The summed E-state index contributed by atoms with van der Waals surface area (Å²) in [5, 5.41) is 16.3. The fourth-order valence-corrected chi connectivity index (χ4v) is 5.14. The van der Waals surface area contributed by atoms with Crippen molar-refractivity contribution in [3.05, 3.63) is 41.6 Å². The number of halogens is 2. The smallest absolute Gasteiger partial charge is 0.309 e. The molecule has 3 atom stereocenters. The van der Waals surface area contributed by atoms with Crippen LogP contribution in [-0.4, -0.2) is 52.2 Å². The van der Waals surface area contributed by atoms with Gasteiger partial charge >= 0.3 is 5.97 Å². The van der Waals surface area contributed by atoms with Crippen molar-refractivity contribution in [3.63, 3.8) is 0 Å². The lowest BCUT2D eigenvalue weighted by molar-refractivity contribution is -0.145. The quantitative estimate of drug-likeness (QED) is 0.696. The Hall–Kier alpha value is -2.81. The molecular formula is C24H29F2N3O4. The second-order valence-corrected chi connectivity index (χ2v) is 9.92. The Labute approximate surface area is 191 Å². The highest BCUT2D eigenvalue weighted by Gasteiger charge is 2.40. The third-order valence-electron chi connectivity index (χ3n) is 6.91. The molecule has 0 radical (unpaired) electrons. The van der Waals surface area contributed by atoms with Crippen LogP contribution in [0.25, 0.3) is 11.3 Å². The van der Waals surface area contributed by atoms with Crippen LogP contribution in [0.3, 0.4) is 0 Å². The maximum atomic E-state index is 14.0. The van der Waals surface area contributed by atoms with Crippen molar-refractivity contribution in [2.45, 2.75) is 58.0 Å². The van der Waals surface area contributed by atoms with Crippen molar-refractivity contribution >= 4 is 11.9 Å². The van der Waals surface area contributed by atoms with Gasteiger partial charge in [-0.25, -0.2) is 8.78 Å². The lowest BCUT2D eigenvalue weighted by Gasteiger charge is -2.45. The largest absolute Gasteiger partial charge is 0.481 e. The van der Waals surface area contributed by atoms with Gasteiger partial charge in [-0.1, -0.05) is 25.4 Å². The van der Waals surface area contributed by atoms with E-state index in [-0.39, 0.29) is 22.4 Å². The SMILES string of the molecule is CC1(C)CCC[C@@H](N2CC[C@H](NC(=O)c3cc(-c4ccc(F)cc4F)on3)[C@@H](C(=O)O)C2)C1. The first-order chi connectivity index (χ1) is 15.6. The van der Waals surface area contributed by atoms with Gasteiger partial charge in [0.1, 0.15) is 11.6 Å². The van der Waals surface area contributed by atoms with Gasteiger partial charge in [0.25, 0.3) is 5.91 Å². The number of hydrogen-bond donors (Lipinski definition) is 2. The Morgan fingerprint density at radius 3 is 2.73 bits per heavy atom. The van der Waals surface area contributed by atoms with E-state index < -0.39 is 35.5 Å². The summed E-state index contributed by atoms with van der Waals surface area (Å²) in [4.78, 5) is 27.0. The van der Waals surface area contributed by atoms with Crippen molar-refractivity contribution < 1.29 is 28.0 Å². The average molecular weight is 462 g/mol. The van der Waals surface area contributed by atoms with Gasteiger partial charge in [-0.2, -0.15) is 0 Å². The molecule has 1 saturated heterocycles. The number of carbonyl (C=O) groups excluding carboxylic acids is 1. The molecule has 1 aromatic heterocycles. The van der Waals surface area contributed by atoms with Crippen molar-refractivity contribution in [1.29, 1.82) is 0 Å². The Kier molecular flexibility index (Phi) is 6.52. The minimum Gasteiger partial charge on any atom is -0.481 e. The number of rotatable bonds is 5. The number of nitrogens with one attached hydrogen (secondary N) is 1. The molecule has 4 rings (SSSR count). The number of carboxylic acid groups (broad SMARTS) is 1. The van der Waals surface area contributed by atoms with E-state index >= 15 is 0 Å². The highest BCUT2D eigenvalue weighted by atomic mass is 19.1. The molecule has 178 valence electrons. The Morgan fingerprint density at radius 2 is 2.03 bits per heavy atom. The molecule has 2 heterocycles. The summed E-state index contributed by atoms with van der Waals surface area (Å²) in [7, 11) is 0. The van der Waals surface area contributed by atoms with E-state index in [1.54, 1.807) is 0 Å². The summed E-state index contributed by atoms with van der Waals surface area (Å²) in [5.41, 5.74) is 0.144. The molecule has 0 unspecified atom stereocenters. The van der Waals surface area contributed by atoms with Gasteiger partial charge in [-0.15, -0.1) is 0 Å². The fourth-order valence-electron chi connectivity index (χ4n) is 5.14. The topological polar surface area (TPSA) is 95.7 Å². The van der Waals surface area contributed by atoms with Gasteiger partial charge in [0, 0.05) is 37.3 Å². The van der Waals surface area contributed by atoms with Gasteiger partial charge in [0.2, 0.25) is 0 Å². The fraction of sp³-hybridized carbons (Fsp3) is 0.542. The van der Waals surface area contributed by atoms with E-state index in [4.69, 9.17) is 4.52 Å². The van der Waals surface area contributed by atoms with Crippen molar-refractivity contribution in [2.24, 2.45) is 11.3 Å². The molecule has 0 spiro atoms. The number of aliphatic carboxylic acids is 1. The first-order valence-electron chi connectivity index (χ1n) is 11.3. The van der Waals surface area contributed by atoms with E-state index in [2.05, 4.69) is 29.2 Å². The summed E-state index contributed by atoms with van der Waals surface area (Å²) in [6.07, 6.45) is 4.93. The van der Waals surface area contributed by atoms with Gasteiger partial charge in [0.05, 0.1) is 11.5 Å². The molecule has 1 aliphatic heterocycles. The van der Waals surface area contributed by atoms with Crippen LogP contribution in [0, 0.1) is 23.0 Å². The molecule has 1 aromatic carbocycles. The van der Waals surface area contributed by atoms with Crippen molar-refractivity contribution in [3.8, 4) is 11.3 Å². The predicted molar refractivity (Wildman–Crippen MR) is 116 cm³/mol. The van der Waals surface area contributed by atoms with Gasteiger partial charge in [-0.3, -0.25) is 14.5 Å². The molecule has 1 aliphatic carbocycles. The first kappa shape index (κ1) is 23.4. The maximum absolute atomic E-state index is 14.0. The van der Waals surface area contributed by atoms with Gasteiger partial charge in [-0.05, 0) is 43.2 Å². The summed E-state index contributed by atoms with van der Waals surface area (Å²) >= 11 is 0. The number of carboxylic acids is 1. The average Bonchev–Trinajstić information content (AvgIpc) is 3.23. The monoisotopic (exact) mass is 461 g/mol. The van der Waals surface area contributed by atoms with Gasteiger partial charge in [0.15, 0.2) is 11.5 Å². The van der Waals surface area contributed by atoms with Crippen LogP contribution in [-0.2, 0) is 4.79 Å². The van der Waals surface area contributed by atoms with Crippen molar-refractivity contribution in [1.82, 2.24) is 15.4 Å². The lowest BCUT2D eigenvalue weighted by atomic mass is 9.74. The molecule has 7 nitrogen and oxygen atoms in total. The molecule has 2 aromatic rings. The number of carbonyl (C=O) groups is 2. The highest BCUT2D eigenvalue weighted by molar-refractivity contribution is 5.93. The molecule has 2 aliphatic rings. The van der Waals surface area contributed by atoms with Crippen LogP contribution in [0.15, 0.2) is 28.8 Å². The number of likely N-dealkylation sites (tertiary alicyclic amines) is 1. The molecule has 1 saturated carbocycles. The molecule has 0 bridgehead atoms. The third-order valence-corrected chi connectivity index (χ3v) is 6.91. The highest BCUT2D eigenvalue weighted by Crippen LogP contribution is 2.38. The van der Waals surface area contributed by atoms with Crippen LogP contribution < -0.4 is 5.32 Å². The van der Waals surface area contributed by atoms with Crippen LogP contribution in [0.1, 0.15) is 56.4 Å². The third kappa shape index (κ3) is 5.24. The van der Waals surface area contributed by atoms with Crippen LogP contribution >= 0.6 is 0 Å². The number of nitrogens with zero attached hydrogens (tertiary/aromatic N) is 2. The second kappa shape index (κ2) is 9.21. The summed E-state index contributed by atoms with van der Waals surface area (Å²) in [6.45, 7) is 5.60. The maximum Gasteiger partial charge on any atom is 0.309 e. The summed E-state index contributed by atoms with van der Waals surface area (Å²) in [5.74, 6) is -3.85. The minimum atomic E-state index is -0.950. The molecule has 1 amide bonds. The standard InChI is InChI=1S/C24H29F2N3O4/c1-24(2)8-3-4-15(12-24)29-9-7-19(17(13-29)23(31)32)27-22(30)20-11-21(33-28-20)16-6-5-14(25)10-18(16)26/h5-6,10-11,15,17,19H,3-4,7-9,12-13H2,1-2H3,(H,27,30)(H,31,32)/t15-,17+,19+/m1/s1. The number of hydrogen-bond acceptors (Lipinski definition) is 5. The Bertz CT molecular complexity index is 1040. The zero-order chi connectivity index (χ0) is 23.8. The first-order valence-corrected chi connectivity index (χ1v) is 11.3. The predicted octanol–water partition coefficient (Wildman–Crippen LogP) is 4.09. The van der Waals surface area contributed by atoms with Crippen LogP contribution in [0.2, 0.25) is 0 Å². The van der Waals surface area contributed by atoms with E-state index in [1.165, 1.54) is 18.6 Å². The van der Waals surface area contributed by atoms with Crippen LogP contribution in [0.5, 0.6) is 0 Å². The molecule has 9 heteroatoms. The summed E-state index contributed by atoms with van der Waals surface area (Å²) in [6, 6.07) is 4.08. The Morgan fingerprint density at radius 1 is 1.24 bits per heavy atom. The number of amides is 1. The zero-order valence-electron chi connectivity index (χ0n) is 18.8. The number of benzene rings is 1. The molecular weight excluding hydrogens is 432 g/mol. The zero-order valence-corrected chi connectivity index (χ0v) is 18.8. The molecule has 2 fully saturated rings. The molecule has 33 heavy (non-hydrogen) atoms. The van der Waals surface area contributed by atoms with E-state index in [9.17, 15) is 23.5 Å². The van der Waals surface area contributed by atoms with Crippen LogP contribution in [0.4, 0.5) is 8.78 Å². The van der Waals surface area contributed by atoms with E-state index in [0.29, 0.717) is 25.6 Å². The Balaban J connectivity index is 1.43. The summed E-state index contributed by atoms with van der Waals surface area (Å²) < 4.78 is 32.2. The number of piperidine rings is 1. The second-order valence-electron chi connectivity index (χ2n) is 9.92. The minimum absolute atomic E-state index is 0.0119. The van der Waals surface area contributed by atoms with Gasteiger partial charge < -0.3 is 14.9 Å². The molecule has 2 N–H and O–H groups in total. The van der Waals surface area contributed by atoms with E-state index in [1.807, 2.05) is 0 Å². The number of aromatic nitrogens is 1.